The Hall–Kier alpha value is -2.61. The zero-order chi connectivity index (χ0) is 20.5. The van der Waals surface area contributed by atoms with E-state index in [1.165, 1.54) is 10.5 Å². The minimum atomic E-state index is -0.508. The molecule has 0 radical (unpaired) electrons. The van der Waals surface area contributed by atoms with Crippen LogP contribution in [-0.2, 0) is 11.3 Å². The number of piperazine rings is 1. The molecule has 1 saturated heterocycles. The number of nitrogens with one attached hydrogen (secondary N) is 5. The second-order valence-electron chi connectivity index (χ2n) is 7.30. The summed E-state index contributed by atoms with van der Waals surface area (Å²) in [5, 5.41) is 3.14. The van der Waals surface area contributed by atoms with Gasteiger partial charge >= 0.3 is 6.03 Å². The number of hydrazine groups is 1. The number of benzene rings is 2. The van der Waals surface area contributed by atoms with Gasteiger partial charge < -0.3 is 15.1 Å². The van der Waals surface area contributed by atoms with Gasteiger partial charge in [-0.1, -0.05) is 48.0 Å². The van der Waals surface area contributed by atoms with Crippen LogP contribution >= 0.6 is 11.6 Å². The Balaban J connectivity index is 1.29. The van der Waals surface area contributed by atoms with Gasteiger partial charge in [-0.25, -0.2) is 10.2 Å². The molecule has 0 saturated carbocycles. The van der Waals surface area contributed by atoms with E-state index in [1.54, 1.807) is 29.2 Å². The Kier molecular flexibility index (Phi) is 7.86. The van der Waals surface area contributed by atoms with Crippen molar-refractivity contribution in [2.75, 3.05) is 38.0 Å². The maximum atomic E-state index is 12.0. The van der Waals surface area contributed by atoms with E-state index >= 15 is 0 Å². The van der Waals surface area contributed by atoms with Crippen LogP contribution in [0.15, 0.2) is 54.6 Å². The minimum Gasteiger partial charge on any atom is -0.325 e. The Morgan fingerprint density at radius 2 is 1.62 bits per heavy atom. The lowest BCUT2D eigenvalue weighted by atomic mass is 10.2. The van der Waals surface area contributed by atoms with Gasteiger partial charge in [-0.15, -0.1) is 0 Å². The summed E-state index contributed by atoms with van der Waals surface area (Å²) in [6, 6.07) is 16.8. The van der Waals surface area contributed by atoms with E-state index in [0.29, 0.717) is 17.1 Å². The summed E-state index contributed by atoms with van der Waals surface area (Å²) in [7, 11) is 0. The standard InChI is InChI=1S/C21H26ClN5O2/c22-18-7-4-8-19(15-18)23-21(29)25-24-20(28)9-10-26-11-13-27(14-12-26)16-17-5-2-1-3-6-17/h1-8,15H,9-14,16H2,(H,24,28)(H2,23,25,29)/p+2. The molecule has 1 aliphatic rings. The van der Waals surface area contributed by atoms with E-state index in [1.807, 2.05) is 6.07 Å². The second kappa shape index (κ2) is 10.8. The minimum absolute atomic E-state index is 0.196. The van der Waals surface area contributed by atoms with Crippen LogP contribution in [-0.4, -0.2) is 44.7 Å². The molecule has 0 aliphatic carbocycles. The van der Waals surface area contributed by atoms with Crippen molar-refractivity contribution in [2.24, 2.45) is 0 Å². The van der Waals surface area contributed by atoms with Gasteiger partial charge in [-0.05, 0) is 18.2 Å². The first-order chi connectivity index (χ1) is 14.1. The van der Waals surface area contributed by atoms with Gasteiger partial charge in [0.05, 0.1) is 13.0 Å². The SMILES string of the molecule is O=C(CC[NH+]1CC[NH+](Cc2ccccc2)CC1)NNC(=O)Nc1cccc(Cl)c1. The maximum absolute atomic E-state index is 12.0. The molecule has 154 valence electrons. The molecule has 1 aliphatic heterocycles. The number of halogens is 1. The molecular formula is C21H28ClN5O2+2. The molecule has 7 nitrogen and oxygen atoms in total. The summed E-state index contributed by atoms with van der Waals surface area (Å²) in [5.41, 5.74) is 6.74. The Bertz CT molecular complexity index is 810. The number of hydrogen-bond donors (Lipinski definition) is 5. The van der Waals surface area contributed by atoms with Crippen molar-refractivity contribution in [3.63, 3.8) is 0 Å². The quantitative estimate of drug-likeness (QED) is 0.424. The molecular weight excluding hydrogens is 390 g/mol. The molecule has 2 aromatic rings. The molecule has 3 amide bonds. The van der Waals surface area contributed by atoms with Crippen LogP contribution in [0, 0.1) is 0 Å². The van der Waals surface area contributed by atoms with Crippen LogP contribution < -0.4 is 26.0 Å². The first-order valence-electron chi connectivity index (χ1n) is 9.91. The fraction of sp³-hybridized carbons (Fsp3) is 0.333. The lowest BCUT2D eigenvalue weighted by Gasteiger charge is -2.29. The van der Waals surface area contributed by atoms with Crippen molar-refractivity contribution < 1.29 is 19.4 Å². The smallest absolute Gasteiger partial charge is 0.325 e. The van der Waals surface area contributed by atoms with E-state index in [2.05, 4.69) is 40.4 Å². The van der Waals surface area contributed by atoms with Gasteiger partial charge in [0.15, 0.2) is 0 Å². The normalized spacial score (nSPS) is 18.7. The summed E-state index contributed by atoms with van der Waals surface area (Å²) < 4.78 is 0. The van der Waals surface area contributed by atoms with Gasteiger partial charge in [0.2, 0.25) is 5.91 Å². The summed E-state index contributed by atoms with van der Waals surface area (Å²) in [6.45, 7) is 6.14. The van der Waals surface area contributed by atoms with Crippen molar-refractivity contribution in [2.45, 2.75) is 13.0 Å². The summed E-state index contributed by atoms with van der Waals surface area (Å²) in [4.78, 5) is 26.9. The highest BCUT2D eigenvalue weighted by molar-refractivity contribution is 6.30. The fourth-order valence-corrected chi connectivity index (χ4v) is 3.67. The van der Waals surface area contributed by atoms with Gasteiger partial charge in [0, 0.05) is 16.3 Å². The average Bonchev–Trinajstić information content (AvgIpc) is 2.72. The van der Waals surface area contributed by atoms with Crippen LogP contribution in [0.5, 0.6) is 0 Å². The topological polar surface area (TPSA) is 79.1 Å². The molecule has 0 bridgehead atoms. The van der Waals surface area contributed by atoms with Crippen molar-refractivity contribution in [1.29, 1.82) is 0 Å². The lowest BCUT2D eigenvalue weighted by Crippen LogP contribution is -3.27. The number of carbonyl (C=O) groups is 2. The van der Waals surface area contributed by atoms with Crippen molar-refractivity contribution in [1.82, 2.24) is 10.9 Å². The first-order valence-corrected chi connectivity index (χ1v) is 10.3. The monoisotopic (exact) mass is 417 g/mol. The average molecular weight is 418 g/mol. The molecule has 8 heteroatoms. The van der Waals surface area contributed by atoms with Crippen molar-refractivity contribution in [3.05, 3.63) is 65.2 Å². The number of carbonyl (C=O) groups excluding carboxylic acids is 2. The summed E-state index contributed by atoms with van der Waals surface area (Å²) >= 11 is 5.87. The predicted octanol–water partition coefficient (Wildman–Crippen LogP) is -0.134. The van der Waals surface area contributed by atoms with Gasteiger partial charge in [-0.2, -0.15) is 0 Å². The lowest BCUT2D eigenvalue weighted by molar-refractivity contribution is -1.02. The van der Waals surface area contributed by atoms with Crippen molar-refractivity contribution >= 4 is 29.2 Å². The van der Waals surface area contributed by atoms with Crippen LogP contribution in [0.2, 0.25) is 5.02 Å². The molecule has 0 aromatic heterocycles. The third-order valence-corrected chi connectivity index (χ3v) is 5.30. The molecule has 0 spiro atoms. The van der Waals surface area contributed by atoms with Crippen LogP contribution in [0.1, 0.15) is 12.0 Å². The van der Waals surface area contributed by atoms with E-state index in [0.717, 1.165) is 39.3 Å². The Morgan fingerprint density at radius 1 is 0.897 bits per heavy atom. The molecule has 1 heterocycles. The Morgan fingerprint density at radius 3 is 2.34 bits per heavy atom. The fourth-order valence-electron chi connectivity index (χ4n) is 3.48. The summed E-state index contributed by atoms with van der Waals surface area (Å²) in [5.74, 6) is -0.196. The van der Waals surface area contributed by atoms with Crippen LogP contribution in [0.25, 0.3) is 0 Å². The molecule has 3 rings (SSSR count). The van der Waals surface area contributed by atoms with E-state index in [9.17, 15) is 9.59 Å². The van der Waals surface area contributed by atoms with E-state index in [-0.39, 0.29) is 5.91 Å². The molecule has 0 unspecified atom stereocenters. The number of hydrogen-bond acceptors (Lipinski definition) is 2. The highest BCUT2D eigenvalue weighted by Crippen LogP contribution is 2.14. The number of rotatable bonds is 6. The molecule has 29 heavy (non-hydrogen) atoms. The van der Waals surface area contributed by atoms with Crippen molar-refractivity contribution in [3.8, 4) is 0 Å². The first kappa shape index (κ1) is 21.1. The van der Waals surface area contributed by atoms with E-state index < -0.39 is 6.03 Å². The predicted molar refractivity (Wildman–Crippen MR) is 113 cm³/mol. The summed E-state index contributed by atoms with van der Waals surface area (Å²) in [6.07, 6.45) is 0.376. The second-order valence-corrected chi connectivity index (χ2v) is 7.74. The van der Waals surface area contributed by atoms with Crippen LogP contribution in [0.3, 0.4) is 0 Å². The highest BCUT2D eigenvalue weighted by atomic mass is 35.5. The maximum Gasteiger partial charge on any atom is 0.337 e. The number of urea groups is 1. The molecule has 1 fully saturated rings. The number of amides is 3. The third-order valence-electron chi connectivity index (χ3n) is 5.06. The Labute approximate surface area is 176 Å². The zero-order valence-electron chi connectivity index (χ0n) is 16.3. The number of anilines is 1. The molecule has 2 aromatic carbocycles. The van der Waals surface area contributed by atoms with Crippen LogP contribution in [0.4, 0.5) is 10.5 Å². The number of quaternary nitrogens is 2. The molecule has 5 N–H and O–H groups in total. The zero-order valence-corrected chi connectivity index (χ0v) is 17.1. The van der Waals surface area contributed by atoms with Gasteiger partial charge in [0.1, 0.15) is 32.7 Å². The van der Waals surface area contributed by atoms with E-state index in [4.69, 9.17) is 11.6 Å². The molecule has 0 atom stereocenters. The highest BCUT2D eigenvalue weighted by Gasteiger charge is 2.23. The third kappa shape index (κ3) is 7.38. The largest absolute Gasteiger partial charge is 0.337 e. The van der Waals surface area contributed by atoms with Gasteiger partial charge in [0.25, 0.3) is 0 Å². The van der Waals surface area contributed by atoms with Gasteiger partial charge in [-0.3, -0.25) is 10.2 Å².